The van der Waals surface area contributed by atoms with Crippen molar-refractivity contribution in [2.24, 2.45) is 0 Å². The maximum atomic E-state index is 5.36. The van der Waals surface area contributed by atoms with Crippen LogP contribution in [0.1, 0.15) is 26.2 Å². The first-order valence-electron chi connectivity index (χ1n) is 7.01. The molecule has 0 aromatic rings. The lowest BCUT2D eigenvalue weighted by molar-refractivity contribution is 0.0374. The molecular weight excluding hydrogens is 232 g/mol. The van der Waals surface area contributed by atoms with Crippen molar-refractivity contribution >= 4 is 11.8 Å². The number of thioether (sulfide) groups is 1. The molecule has 2 unspecified atom stereocenters. The summed E-state index contributed by atoms with van der Waals surface area (Å²) in [5.74, 6) is 1.35. The van der Waals surface area contributed by atoms with E-state index >= 15 is 0 Å². The molecule has 2 aliphatic heterocycles. The van der Waals surface area contributed by atoms with E-state index in [4.69, 9.17) is 4.74 Å². The monoisotopic (exact) mass is 258 g/mol. The third-order valence-electron chi connectivity index (χ3n) is 3.77. The molecule has 2 rings (SSSR count). The van der Waals surface area contributed by atoms with Gasteiger partial charge in [-0.15, -0.1) is 0 Å². The maximum absolute atomic E-state index is 5.36. The summed E-state index contributed by atoms with van der Waals surface area (Å²) >= 11 is 2.12. The minimum absolute atomic E-state index is 0.749. The van der Waals surface area contributed by atoms with Crippen molar-refractivity contribution in [1.29, 1.82) is 0 Å². The zero-order valence-corrected chi connectivity index (χ0v) is 11.8. The molecule has 1 N–H and O–H groups in total. The largest absolute Gasteiger partial charge is 0.379 e. The van der Waals surface area contributed by atoms with Gasteiger partial charge in [0.15, 0.2) is 0 Å². The second-order valence-corrected chi connectivity index (χ2v) is 6.57. The molecule has 2 heterocycles. The van der Waals surface area contributed by atoms with Gasteiger partial charge in [0.05, 0.1) is 13.2 Å². The van der Waals surface area contributed by atoms with Crippen molar-refractivity contribution in [3.8, 4) is 0 Å². The van der Waals surface area contributed by atoms with Crippen LogP contribution in [0.5, 0.6) is 0 Å². The van der Waals surface area contributed by atoms with Gasteiger partial charge in [0.1, 0.15) is 0 Å². The predicted octanol–water partition coefficient (Wildman–Crippen LogP) is 1.58. The molecule has 0 aromatic heterocycles. The number of hydrogen-bond acceptors (Lipinski definition) is 4. The Morgan fingerprint density at radius 3 is 2.94 bits per heavy atom. The van der Waals surface area contributed by atoms with Crippen LogP contribution >= 0.6 is 11.8 Å². The van der Waals surface area contributed by atoms with Gasteiger partial charge in [-0.1, -0.05) is 6.92 Å². The minimum Gasteiger partial charge on any atom is -0.379 e. The van der Waals surface area contributed by atoms with Crippen molar-refractivity contribution in [3.63, 3.8) is 0 Å². The van der Waals surface area contributed by atoms with E-state index in [1.54, 1.807) is 0 Å². The molecule has 2 saturated heterocycles. The van der Waals surface area contributed by atoms with Gasteiger partial charge in [0.25, 0.3) is 0 Å². The van der Waals surface area contributed by atoms with Gasteiger partial charge in [-0.3, -0.25) is 4.90 Å². The zero-order chi connectivity index (χ0) is 11.9. The molecule has 0 aromatic carbocycles. The zero-order valence-electron chi connectivity index (χ0n) is 11.0. The second-order valence-electron chi connectivity index (χ2n) is 5.09. The predicted molar refractivity (Wildman–Crippen MR) is 74.8 cm³/mol. The van der Waals surface area contributed by atoms with E-state index in [0.29, 0.717) is 0 Å². The Morgan fingerprint density at radius 2 is 2.18 bits per heavy atom. The van der Waals surface area contributed by atoms with Crippen LogP contribution in [0.3, 0.4) is 0 Å². The molecule has 0 amide bonds. The Morgan fingerprint density at radius 1 is 1.35 bits per heavy atom. The topological polar surface area (TPSA) is 24.5 Å². The van der Waals surface area contributed by atoms with E-state index in [0.717, 1.165) is 37.6 Å². The SMILES string of the molecule is CC1SCCCC1NCCCN1CCOCC1. The summed E-state index contributed by atoms with van der Waals surface area (Å²) in [6.45, 7) is 8.85. The summed E-state index contributed by atoms with van der Waals surface area (Å²) in [5.41, 5.74) is 0. The fraction of sp³-hybridized carbons (Fsp3) is 1.00. The van der Waals surface area contributed by atoms with E-state index in [-0.39, 0.29) is 0 Å². The van der Waals surface area contributed by atoms with Crippen molar-refractivity contribution in [2.75, 3.05) is 45.1 Å². The molecule has 0 spiro atoms. The van der Waals surface area contributed by atoms with Crippen LogP contribution in [0.25, 0.3) is 0 Å². The van der Waals surface area contributed by atoms with E-state index in [9.17, 15) is 0 Å². The van der Waals surface area contributed by atoms with Crippen LogP contribution in [0, 0.1) is 0 Å². The lowest BCUT2D eigenvalue weighted by Crippen LogP contribution is -2.41. The van der Waals surface area contributed by atoms with Gasteiger partial charge in [-0.2, -0.15) is 11.8 Å². The first-order chi connectivity index (χ1) is 8.36. The van der Waals surface area contributed by atoms with Crippen molar-refractivity contribution in [2.45, 2.75) is 37.5 Å². The van der Waals surface area contributed by atoms with Crippen molar-refractivity contribution < 1.29 is 4.74 Å². The number of hydrogen-bond donors (Lipinski definition) is 1. The Balaban J connectivity index is 1.53. The molecule has 100 valence electrons. The Hall–Kier alpha value is 0.230. The number of rotatable bonds is 5. The summed E-state index contributed by atoms with van der Waals surface area (Å²) in [5, 5.41) is 4.53. The summed E-state index contributed by atoms with van der Waals surface area (Å²) in [7, 11) is 0. The Kier molecular flexibility index (Phi) is 6.12. The highest BCUT2D eigenvalue weighted by atomic mass is 32.2. The van der Waals surface area contributed by atoms with Gasteiger partial charge in [0, 0.05) is 24.4 Å². The van der Waals surface area contributed by atoms with Gasteiger partial charge in [-0.25, -0.2) is 0 Å². The molecule has 0 radical (unpaired) electrons. The lowest BCUT2D eigenvalue weighted by Gasteiger charge is -2.30. The van der Waals surface area contributed by atoms with Crippen molar-refractivity contribution in [1.82, 2.24) is 10.2 Å². The molecule has 3 nitrogen and oxygen atoms in total. The molecular formula is C13H26N2OS. The van der Waals surface area contributed by atoms with Gasteiger partial charge >= 0.3 is 0 Å². The third-order valence-corrected chi connectivity index (χ3v) is 5.15. The summed E-state index contributed by atoms with van der Waals surface area (Å²) in [4.78, 5) is 2.52. The highest BCUT2D eigenvalue weighted by Crippen LogP contribution is 2.24. The van der Waals surface area contributed by atoms with E-state index in [1.807, 2.05) is 0 Å². The molecule has 4 heteroatoms. The summed E-state index contributed by atoms with van der Waals surface area (Å²) in [6, 6.07) is 0.749. The van der Waals surface area contributed by atoms with Crippen LogP contribution in [-0.2, 0) is 4.74 Å². The average Bonchev–Trinajstić information content (AvgIpc) is 2.38. The number of nitrogens with zero attached hydrogens (tertiary/aromatic N) is 1. The van der Waals surface area contributed by atoms with Gasteiger partial charge < -0.3 is 10.1 Å². The fourth-order valence-electron chi connectivity index (χ4n) is 2.61. The van der Waals surface area contributed by atoms with Crippen LogP contribution in [0.2, 0.25) is 0 Å². The molecule has 2 aliphatic rings. The molecule has 2 atom stereocenters. The van der Waals surface area contributed by atoms with Crippen LogP contribution in [0.15, 0.2) is 0 Å². The molecule has 0 aliphatic carbocycles. The van der Waals surface area contributed by atoms with Crippen LogP contribution < -0.4 is 5.32 Å². The van der Waals surface area contributed by atoms with E-state index < -0.39 is 0 Å². The highest BCUT2D eigenvalue weighted by molar-refractivity contribution is 7.99. The van der Waals surface area contributed by atoms with E-state index in [2.05, 4.69) is 28.9 Å². The Labute approximate surface area is 110 Å². The molecule has 2 fully saturated rings. The molecule has 17 heavy (non-hydrogen) atoms. The van der Waals surface area contributed by atoms with Crippen LogP contribution in [-0.4, -0.2) is 61.3 Å². The fourth-order valence-corrected chi connectivity index (χ4v) is 3.78. The second kappa shape index (κ2) is 7.62. The van der Waals surface area contributed by atoms with Crippen LogP contribution in [0.4, 0.5) is 0 Å². The number of nitrogens with one attached hydrogen (secondary N) is 1. The highest BCUT2D eigenvalue weighted by Gasteiger charge is 2.20. The molecule has 0 saturated carbocycles. The smallest absolute Gasteiger partial charge is 0.0594 e. The Bertz CT molecular complexity index is 210. The van der Waals surface area contributed by atoms with Gasteiger partial charge in [0.2, 0.25) is 0 Å². The third kappa shape index (κ3) is 4.78. The quantitative estimate of drug-likeness (QED) is 0.757. The van der Waals surface area contributed by atoms with Crippen molar-refractivity contribution in [3.05, 3.63) is 0 Å². The minimum atomic E-state index is 0.749. The normalized spacial score (nSPS) is 31.6. The standard InChI is InChI=1S/C13H26N2OS/c1-12-13(4-2-11-17-12)14-5-3-6-15-7-9-16-10-8-15/h12-14H,2-11H2,1H3. The first-order valence-corrected chi connectivity index (χ1v) is 8.06. The lowest BCUT2D eigenvalue weighted by atomic mass is 10.1. The summed E-state index contributed by atoms with van der Waals surface area (Å²) < 4.78 is 5.36. The van der Waals surface area contributed by atoms with Gasteiger partial charge in [-0.05, 0) is 38.1 Å². The van der Waals surface area contributed by atoms with E-state index in [1.165, 1.54) is 38.1 Å². The average molecular weight is 258 g/mol. The number of ether oxygens (including phenoxy) is 1. The molecule has 0 bridgehead atoms. The first kappa shape index (κ1) is 13.7. The number of morpholine rings is 1. The summed E-state index contributed by atoms with van der Waals surface area (Å²) in [6.07, 6.45) is 4.02. The maximum Gasteiger partial charge on any atom is 0.0594 e.